The van der Waals surface area contributed by atoms with Crippen LogP contribution in [0.25, 0.3) is 0 Å². The molecule has 0 atom stereocenters. The Bertz CT molecular complexity index is 457. The van der Waals surface area contributed by atoms with Crippen LogP contribution in [0.15, 0.2) is 42.6 Å². The molecule has 0 fully saturated rings. The van der Waals surface area contributed by atoms with E-state index in [4.69, 9.17) is 17.3 Å². The highest BCUT2D eigenvalue weighted by molar-refractivity contribution is 6.28. The van der Waals surface area contributed by atoms with Crippen molar-refractivity contribution < 1.29 is 4.68 Å². The smallest absolute Gasteiger partial charge is 0.302 e. The van der Waals surface area contributed by atoms with Crippen LogP contribution in [-0.4, -0.2) is 5.10 Å². The Morgan fingerprint density at radius 2 is 2.00 bits per heavy atom. The fourth-order valence-corrected chi connectivity index (χ4v) is 1.54. The second-order valence-electron chi connectivity index (χ2n) is 3.25. The molecule has 15 heavy (non-hydrogen) atoms. The van der Waals surface area contributed by atoms with Crippen molar-refractivity contribution in [1.82, 2.24) is 5.10 Å². The van der Waals surface area contributed by atoms with Gasteiger partial charge in [-0.25, -0.2) is 0 Å². The first-order chi connectivity index (χ1) is 7.25. The molecule has 0 radical (unpaired) electrons. The Morgan fingerprint density at radius 3 is 2.67 bits per heavy atom. The predicted molar refractivity (Wildman–Crippen MR) is 59.4 cm³/mol. The van der Waals surface area contributed by atoms with Gasteiger partial charge < -0.3 is 5.73 Å². The van der Waals surface area contributed by atoms with Crippen molar-refractivity contribution in [3.8, 4) is 0 Å². The van der Waals surface area contributed by atoms with E-state index in [0.717, 1.165) is 5.56 Å². The number of nitrogens with zero attached hydrogens (tertiary/aromatic N) is 2. The predicted octanol–water partition coefficient (Wildman–Crippen LogP) is 1.65. The second kappa shape index (κ2) is 4.28. The molecule has 1 aromatic carbocycles. The van der Waals surface area contributed by atoms with Gasteiger partial charge in [0.1, 0.15) is 6.20 Å². The summed E-state index contributed by atoms with van der Waals surface area (Å²) in [6, 6.07) is 11.7. The van der Waals surface area contributed by atoms with E-state index in [2.05, 4.69) is 5.10 Å². The normalized spacial score (nSPS) is 10.2. The molecule has 0 saturated carbocycles. The third-order valence-electron chi connectivity index (χ3n) is 2.05. The molecule has 0 amide bonds. The minimum absolute atomic E-state index is 0.541. The molecular weight excluding hydrogens is 210 g/mol. The second-order valence-corrected chi connectivity index (χ2v) is 3.64. The highest BCUT2D eigenvalue weighted by Crippen LogP contribution is 2.06. The largest absolute Gasteiger partial charge is 0.397 e. The van der Waals surface area contributed by atoms with Crippen LogP contribution in [0, 0.1) is 0 Å². The van der Waals surface area contributed by atoms with E-state index >= 15 is 0 Å². The van der Waals surface area contributed by atoms with Gasteiger partial charge in [0.05, 0.1) is 5.69 Å². The molecule has 2 rings (SSSR count). The number of benzene rings is 1. The SMILES string of the molecule is Nc1cn[n+](Cc2ccccc2)c(Cl)c1. The monoisotopic (exact) mass is 220 g/mol. The van der Waals surface area contributed by atoms with Crippen molar-refractivity contribution in [3.05, 3.63) is 53.3 Å². The fourth-order valence-electron chi connectivity index (χ4n) is 1.31. The van der Waals surface area contributed by atoms with Crippen molar-refractivity contribution >= 4 is 17.3 Å². The zero-order valence-corrected chi connectivity index (χ0v) is 8.85. The number of anilines is 1. The van der Waals surface area contributed by atoms with Gasteiger partial charge in [-0.05, 0) is 16.7 Å². The van der Waals surface area contributed by atoms with Crippen LogP contribution in [0.2, 0.25) is 5.15 Å². The highest BCUT2D eigenvalue weighted by Gasteiger charge is 2.10. The first-order valence-electron chi connectivity index (χ1n) is 4.61. The summed E-state index contributed by atoms with van der Waals surface area (Å²) in [5, 5.41) is 4.67. The molecule has 1 heterocycles. The molecule has 4 heteroatoms. The van der Waals surface area contributed by atoms with E-state index in [9.17, 15) is 0 Å². The van der Waals surface area contributed by atoms with Gasteiger partial charge in [0.15, 0.2) is 0 Å². The first-order valence-corrected chi connectivity index (χ1v) is 4.98. The van der Waals surface area contributed by atoms with Gasteiger partial charge >= 0.3 is 5.15 Å². The van der Waals surface area contributed by atoms with E-state index in [1.54, 1.807) is 16.9 Å². The summed E-state index contributed by atoms with van der Waals surface area (Å²) in [5.41, 5.74) is 7.29. The van der Waals surface area contributed by atoms with E-state index in [-0.39, 0.29) is 0 Å². The maximum Gasteiger partial charge on any atom is 0.302 e. The Hall–Kier alpha value is -1.61. The number of hydrogen-bond donors (Lipinski definition) is 1. The summed E-state index contributed by atoms with van der Waals surface area (Å²) in [4.78, 5) is 0. The molecule has 2 N–H and O–H groups in total. The topological polar surface area (TPSA) is 42.8 Å². The molecule has 76 valence electrons. The first kappa shape index (κ1) is 9.93. The third kappa shape index (κ3) is 2.44. The lowest BCUT2D eigenvalue weighted by Gasteiger charge is -1.97. The number of rotatable bonds is 2. The Kier molecular flexibility index (Phi) is 2.83. The molecule has 2 aromatic rings. The number of halogens is 1. The van der Waals surface area contributed by atoms with Crippen molar-refractivity contribution in [1.29, 1.82) is 0 Å². The summed E-state index contributed by atoms with van der Waals surface area (Å²) in [6.07, 6.45) is 1.59. The van der Waals surface area contributed by atoms with Crippen LogP contribution in [-0.2, 0) is 6.54 Å². The number of aromatic nitrogens is 2. The summed E-state index contributed by atoms with van der Waals surface area (Å²) in [7, 11) is 0. The molecule has 1 aromatic heterocycles. The maximum atomic E-state index is 6.00. The zero-order chi connectivity index (χ0) is 10.7. The van der Waals surface area contributed by atoms with E-state index in [0.29, 0.717) is 17.4 Å². The molecule has 0 saturated heterocycles. The zero-order valence-electron chi connectivity index (χ0n) is 8.10. The van der Waals surface area contributed by atoms with Gasteiger partial charge in [-0.1, -0.05) is 35.0 Å². The molecule has 0 aliphatic carbocycles. The van der Waals surface area contributed by atoms with Crippen LogP contribution in [0.5, 0.6) is 0 Å². The van der Waals surface area contributed by atoms with Gasteiger partial charge in [-0.3, -0.25) is 0 Å². The van der Waals surface area contributed by atoms with Crippen LogP contribution < -0.4 is 10.4 Å². The minimum Gasteiger partial charge on any atom is -0.397 e. The summed E-state index contributed by atoms with van der Waals surface area (Å²) < 4.78 is 1.70. The number of nitrogen functional groups attached to an aromatic ring is 1. The van der Waals surface area contributed by atoms with Gasteiger partial charge in [-0.2, -0.15) is 0 Å². The Labute approximate surface area is 93.1 Å². The van der Waals surface area contributed by atoms with Crippen LogP contribution in [0.3, 0.4) is 0 Å². The van der Waals surface area contributed by atoms with E-state index < -0.39 is 0 Å². The van der Waals surface area contributed by atoms with Crippen molar-refractivity contribution in [2.24, 2.45) is 0 Å². The minimum atomic E-state index is 0.541. The average molecular weight is 221 g/mol. The number of hydrogen-bond acceptors (Lipinski definition) is 2. The van der Waals surface area contributed by atoms with Gasteiger partial charge in [0.2, 0.25) is 6.54 Å². The van der Waals surface area contributed by atoms with Crippen LogP contribution in [0.1, 0.15) is 5.56 Å². The molecule has 0 unspecified atom stereocenters. The highest BCUT2D eigenvalue weighted by atomic mass is 35.5. The van der Waals surface area contributed by atoms with Crippen molar-refractivity contribution in [3.63, 3.8) is 0 Å². The lowest BCUT2D eigenvalue weighted by Crippen LogP contribution is -2.39. The lowest BCUT2D eigenvalue weighted by molar-refractivity contribution is -0.743. The quantitative estimate of drug-likeness (QED) is 0.783. The third-order valence-corrected chi connectivity index (χ3v) is 2.36. The molecule has 0 aliphatic heterocycles. The van der Waals surface area contributed by atoms with Crippen LogP contribution >= 0.6 is 11.6 Å². The lowest BCUT2D eigenvalue weighted by atomic mass is 10.2. The van der Waals surface area contributed by atoms with Gasteiger partial charge in [0.25, 0.3) is 0 Å². The molecule has 0 spiro atoms. The van der Waals surface area contributed by atoms with E-state index in [1.807, 2.05) is 30.3 Å². The Balaban J connectivity index is 2.25. The summed E-state index contributed by atoms with van der Waals surface area (Å²) in [6.45, 7) is 0.653. The molecule has 3 nitrogen and oxygen atoms in total. The van der Waals surface area contributed by atoms with Crippen molar-refractivity contribution in [2.75, 3.05) is 5.73 Å². The van der Waals surface area contributed by atoms with Crippen molar-refractivity contribution in [2.45, 2.75) is 6.54 Å². The molecule has 0 bridgehead atoms. The van der Waals surface area contributed by atoms with Crippen LogP contribution in [0.4, 0.5) is 5.69 Å². The maximum absolute atomic E-state index is 6.00. The van der Waals surface area contributed by atoms with Gasteiger partial charge in [0, 0.05) is 11.6 Å². The number of nitrogens with two attached hydrogens (primary N) is 1. The average Bonchev–Trinajstić information content (AvgIpc) is 2.24. The van der Waals surface area contributed by atoms with E-state index in [1.165, 1.54) is 0 Å². The summed E-state index contributed by atoms with van der Waals surface area (Å²) >= 11 is 6.00. The van der Waals surface area contributed by atoms with Gasteiger partial charge in [-0.15, -0.1) is 0 Å². The fraction of sp³-hybridized carbons (Fsp3) is 0.0909. The molecular formula is C11H11ClN3+. The molecule has 0 aliphatic rings. The Morgan fingerprint density at radius 1 is 1.27 bits per heavy atom. The summed E-state index contributed by atoms with van der Waals surface area (Å²) in [5.74, 6) is 0. The standard InChI is InChI=1S/C11H10ClN3/c12-11-6-10(13)7-14-15(11)8-9-4-2-1-3-5-9/h1-7,13H,8H2/p+1.